The highest BCUT2D eigenvalue weighted by atomic mass is 127. The zero-order valence-electron chi connectivity index (χ0n) is 11.4. The van der Waals surface area contributed by atoms with Gasteiger partial charge in [-0.15, -0.1) is 0 Å². The summed E-state index contributed by atoms with van der Waals surface area (Å²) in [4.78, 5) is 21.9. The lowest BCUT2D eigenvalue weighted by Gasteiger charge is -2.12. The molecule has 7 heteroatoms. The molecule has 0 fully saturated rings. The summed E-state index contributed by atoms with van der Waals surface area (Å²) in [7, 11) is 0. The van der Waals surface area contributed by atoms with Crippen LogP contribution in [0.15, 0.2) is 24.3 Å². The van der Waals surface area contributed by atoms with E-state index >= 15 is 0 Å². The van der Waals surface area contributed by atoms with E-state index in [9.17, 15) is 14.9 Å². The van der Waals surface area contributed by atoms with Gasteiger partial charge in [-0.1, -0.05) is 0 Å². The van der Waals surface area contributed by atoms with E-state index in [0.717, 1.165) is 35.1 Å². The van der Waals surface area contributed by atoms with Gasteiger partial charge in [0.15, 0.2) is 0 Å². The van der Waals surface area contributed by atoms with Gasteiger partial charge in [-0.05, 0) is 79.6 Å². The average Bonchev–Trinajstić information content (AvgIpc) is 2.81. The van der Waals surface area contributed by atoms with Crippen molar-refractivity contribution < 1.29 is 9.72 Å². The molecule has 1 amide bonds. The van der Waals surface area contributed by atoms with Gasteiger partial charge in [-0.3, -0.25) is 14.9 Å². The third-order valence-electron chi connectivity index (χ3n) is 3.58. The second kappa shape index (κ2) is 5.76. The molecule has 1 aliphatic carbocycles. The molecule has 1 aliphatic rings. The Balaban J connectivity index is 2.14. The van der Waals surface area contributed by atoms with Crippen molar-refractivity contribution in [2.75, 3.05) is 5.32 Å². The molecule has 0 aliphatic heterocycles. The molecule has 0 bridgehead atoms. The van der Waals surface area contributed by atoms with Gasteiger partial charge in [-0.25, -0.2) is 0 Å². The number of hydrogen-bond acceptors (Lipinski definition) is 3. The highest BCUT2D eigenvalue weighted by Gasteiger charge is 2.26. The highest BCUT2D eigenvalue weighted by Crippen LogP contribution is 2.44. The number of nitrogens with zero attached hydrogens (tertiary/aromatic N) is 1. The number of nitro groups is 1. The van der Waals surface area contributed by atoms with Crippen molar-refractivity contribution >= 4 is 62.5 Å². The van der Waals surface area contributed by atoms with Crippen molar-refractivity contribution in [1.82, 2.24) is 0 Å². The minimum Gasteiger partial charge on any atom is -0.324 e. The first kappa shape index (κ1) is 15.7. The smallest absolute Gasteiger partial charge is 0.269 e. The van der Waals surface area contributed by atoms with Crippen molar-refractivity contribution in [3.63, 3.8) is 0 Å². The molecule has 5 nitrogen and oxygen atoms in total. The van der Waals surface area contributed by atoms with Gasteiger partial charge in [-0.2, -0.15) is 0 Å². The molecule has 0 saturated carbocycles. The summed E-state index contributed by atoms with van der Waals surface area (Å²) in [6.45, 7) is 1.48. The predicted octanol–water partition coefficient (Wildman–Crippen LogP) is 4.33. The Bertz CT molecular complexity index is 834. The van der Waals surface area contributed by atoms with Crippen LogP contribution in [0.4, 0.5) is 11.4 Å². The Morgan fingerprint density at radius 1 is 1.27 bits per heavy atom. The summed E-state index contributed by atoms with van der Waals surface area (Å²) in [5.41, 5.74) is 5.12. The van der Waals surface area contributed by atoms with E-state index in [1.165, 1.54) is 13.0 Å². The zero-order chi connectivity index (χ0) is 16.0. The lowest BCUT2D eigenvalue weighted by molar-refractivity contribution is -0.384. The van der Waals surface area contributed by atoms with E-state index in [4.69, 9.17) is 0 Å². The van der Waals surface area contributed by atoms with Crippen LogP contribution in [0.1, 0.15) is 18.1 Å². The fraction of sp³-hybridized carbons (Fsp3) is 0.133. The lowest BCUT2D eigenvalue weighted by atomic mass is 10.1. The van der Waals surface area contributed by atoms with E-state index < -0.39 is 0 Å². The predicted molar refractivity (Wildman–Crippen MR) is 101 cm³/mol. The van der Waals surface area contributed by atoms with Crippen LogP contribution >= 0.6 is 45.2 Å². The van der Waals surface area contributed by atoms with Crippen molar-refractivity contribution in [3.8, 4) is 11.1 Å². The molecule has 2 aromatic rings. The molecule has 22 heavy (non-hydrogen) atoms. The SMILES string of the molecule is CC(=O)Nc1c(I)cc2c(c1I)Cc1cc([N+](=O)[O-])ccc1-2. The Morgan fingerprint density at radius 2 is 2.00 bits per heavy atom. The van der Waals surface area contributed by atoms with E-state index in [0.29, 0.717) is 6.42 Å². The number of non-ortho nitro benzene ring substituents is 1. The number of carbonyl (C=O) groups is 1. The molecule has 112 valence electrons. The standard InChI is InChI=1S/C15H10I2N2O3/c1-7(20)18-15-13(16)6-11-10-3-2-9(19(21)22)4-8(10)5-12(11)14(15)17/h2-4,6H,5H2,1H3,(H,18,20). The Labute approximate surface area is 153 Å². The van der Waals surface area contributed by atoms with Gasteiger partial charge in [0, 0.05) is 32.6 Å². The molecule has 2 aromatic carbocycles. The van der Waals surface area contributed by atoms with Crippen LogP contribution in [-0.2, 0) is 11.2 Å². The Morgan fingerprint density at radius 3 is 2.64 bits per heavy atom. The summed E-state index contributed by atoms with van der Waals surface area (Å²) in [6, 6.07) is 7.01. The molecule has 0 radical (unpaired) electrons. The molecule has 0 heterocycles. The fourth-order valence-electron chi connectivity index (χ4n) is 2.66. The summed E-state index contributed by atoms with van der Waals surface area (Å²) in [5, 5.41) is 13.8. The number of rotatable bonds is 2. The summed E-state index contributed by atoms with van der Waals surface area (Å²) in [5.74, 6) is -0.109. The maximum atomic E-state index is 11.4. The van der Waals surface area contributed by atoms with E-state index in [1.807, 2.05) is 12.1 Å². The van der Waals surface area contributed by atoms with Gasteiger partial charge in [0.25, 0.3) is 5.69 Å². The van der Waals surface area contributed by atoms with Crippen molar-refractivity contribution in [2.45, 2.75) is 13.3 Å². The van der Waals surface area contributed by atoms with Gasteiger partial charge in [0.1, 0.15) is 0 Å². The number of anilines is 1. The summed E-state index contributed by atoms with van der Waals surface area (Å²) in [6.07, 6.45) is 0.647. The zero-order valence-corrected chi connectivity index (χ0v) is 15.8. The number of nitro benzene ring substituents is 1. The number of nitrogens with one attached hydrogen (secondary N) is 1. The Kier molecular flexibility index (Phi) is 4.10. The monoisotopic (exact) mass is 520 g/mol. The maximum absolute atomic E-state index is 11.4. The largest absolute Gasteiger partial charge is 0.324 e. The first-order valence-corrected chi connectivity index (χ1v) is 8.60. The summed E-state index contributed by atoms with van der Waals surface area (Å²) >= 11 is 4.43. The van der Waals surface area contributed by atoms with E-state index in [-0.39, 0.29) is 16.5 Å². The van der Waals surface area contributed by atoms with Gasteiger partial charge in [0.2, 0.25) is 5.91 Å². The Hall–Kier alpha value is -1.23. The number of hydrogen-bond donors (Lipinski definition) is 1. The molecule has 0 aromatic heterocycles. The van der Waals surface area contributed by atoms with Crippen LogP contribution < -0.4 is 5.32 Å². The molecule has 1 N–H and O–H groups in total. The second-order valence-electron chi connectivity index (χ2n) is 5.03. The van der Waals surface area contributed by atoms with Crippen LogP contribution in [0, 0.1) is 17.3 Å². The van der Waals surface area contributed by atoms with Gasteiger partial charge >= 0.3 is 0 Å². The molecule has 0 saturated heterocycles. The van der Waals surface area contributed by atoms with Crippen LogP contribution in [0.25, 0.3) is 11.1 Å². The third kappa shape index (κ3) is 2.60. The molecular weight excluding hydrogens is 510 g/mol. The van der Waals surface area contributed by atoms with E-state index in [1.54, 1.807) is 6.07 Å². The quantitative estimate of drug-likeness (QED) is 0.311. The normalized spacial score (nSPS) is 11.8. The van der Waals surface area contributed by atoms with Crippen LogP contribution in [-0.4, -0.2) is 10.8 Å². The maximum Gasteiger partial charge on any atom is 0.269 e. The number of carbonyl (C=O) groups excluding carboxylic acids is 1. The van der Waals surface area contributed by atoms with Crippen LogP contribution in [0.5, 0.6) is 0 Å². The second-order valence-corrected chi connectivity index (χ2v) is 7.27. The van der Waals surface area contributed by atoms with Crippen LogP contribution in [0.3, 0.4) is 0 Å². The van der Waals surface area contributed by atoms with Crippen LogP contribution in [0.2, 0.25) is 0 Å². The van der Waals surface area contributed by atoms with Crippen molar-refractivity contribution in [3.05, 3.63) is 52.6 Å². The first-order valence-electron chi connectivity index (χ1n) is 6.44. The molecule has 3 rings (SSSR count). The first-order chi connectivity index (χ1) is 10.4. The number of amides is 1. The van der Waals surface area contributed by atoms with E-state index in [2.05, 4.69) is 50.5 Å². The molecule has 0 unspecified atom stereocenters. The van der Waals surface area contributed by atoms with Crippen molar-refractivity contribution in [1.29, 1.82) is 0 Å². The minimum absolute atomic E-state index is 0.109. The average molecular weight is 520 g/mol. The minimum atomic E-state index is -0.374. The number of benzene rings is 2. The van der Waals surface area contributed by atoms with Gasteiger partial charge in [0.05, 0.1) is 10.6 Å². The summed E-state index contributed by atoms with van der Waals surface area (Å²) < 4.78 is 1.95. The highest BCUT2D eigenvalue weighted by molar-refractivity contribution is 14.1. The molecular formula is C15H10I2N2O3. The van der Waals surface area contributed by atoms with Gasteiger partial charge < -0.3 is 5.32 Å². The van der Waals surface area contributed by atoms with Crippen molar-refractivity contribution in [2.24, 2.45) is 0 Å². The fourth-order valence-corrected chi connectivity index (χ4v) is 4.80. The molecule has 0 spiro atoms. The number of halogens is 2. The lowest BCUT2D eigenvalue weighted by Crippen LogP contribution is -2.10. The topological polar surface area (TPSA) is 72.2 Å². The third-order valence-corrected chi connectivity index (χ3v) is 5.62. The molecule has 0 atom stereocenters. The number of fused-ring (bicyclic) bond motifs is 3.